The maximum absolute atomic E-state index is 11.0. The van der Waals surface area contributed by atoms with E-state index in [-0.39, 0.29) is 5.91 Å². The highest BCUT2D eigenvalue weighted by Gasteiger charge is 2.01. The molecular weight excluding hydrogens is 246 g/mol. The Morgan fingerprint density at radius 2 is 1.55 bits per heavy atom. The molecule has 0 aliphatic heterocycles. The van der Waals surface area contributed by atoms with Gasteiger partial charge in [-0.2, -0.15) is 0 Å². The highest BCUT2D eigenvalue weighted by molar-refractivity contribution is 5.75. The predicted octanol–water partition coefficient (Wildman–Crippen LogP) is 4.93. The molecule has 1 aromatic rings. The molecule has 1 aromatic carbocycles. The molecule has 2 nitrogen and oxygen atoms in total. The summed E-state index contributed by atoms with van der Waals surface area (Å²) in [5, 5.41) is 2.64. The molecule has 0 atom stereocenters. The first-order valence-corrected chi connectivity index (χ1v) is 7.93. The number of hydrogen-bond donors (Lipinski definition) is 1. The maximum atomic E-state index is 11.0. The van der Waals surface area contributed by atoms with Gasteiger partial charge in [0.05, 0.1) is 0 Å². The summed E-state index contributed by atoms with van der Waals surface area (Å²) in [4.78, 5) is 11.0. The van der Waals surface area contributed by atoms with E-state index in [9.17, 15) is 4.79 Å². The highest BCUT2D eigenvalue weighted by Crippen LogP contribution is 2.15. The van der Waals surface area contributed by atoms with Crippen molar-refractivity contribution >= 4 is 5.91 Å². The third-order valence-corrected chi connectivity index (χ3v) is 2.79. The molecule has 0 aliphatic carbocycles. The van der Waals surface area contributed by atoms with Gasteiger partial charge in [-0.1, -0.05) is 65.8 Å². The zero-order chi connectivity index (χ0) is 16.0. The monoisotopic (exact) mass is 279 g/mol. The largest absolute Gasteiger partial charge is 0.359 e. The van der Waals surface area contributed by atoms with E-state index in [4.69, 9.17) is 0 Å². The summed E-state index contributed by atoms with van der Waals surface area (Å²) in [5.41, 5.74) is 2.68. The molecule has 0 aromatic heterocycles. The van der Waals surface area contributed by atoms with Crippen LogP contribution in [0.3, 0.4) is 0 Å². The molecule has 0 bridgehead atoms. The van der Waals surface area contributed by atoms with E-state index < -0.39 is 0 Å². The van der Waals surface area contributed by atoms with Crippen LogP contribution >= 0.6 is 0 Å². The van der Waals surface area contributed by atoms with E-state index >= 15 is 0 Å². The van der Waals surface area contributed by atoms with Crippen molar-refractivity contribution in [3.8, 4) is 0 Å². The van der Waals surface area contributed by atoms with Crippen molar-refractivity contribution in [3.05, 3.63) is 35.4 Å². The van der Waals surface area contributed by atoms with Crippen LogP contribution in [0.25, 0.3) is 0 Å². The van der Waals surface area contributed by atoms with Gasteiger partial charge >= 0.3 is 0 Å². The minimum atomic E-state index is 0.124. The second-order valence-corrected chi connectivity index (χ2v) is 4.42. The van der Waals surface area contributed by atoms with E-state index in [0.717, 1.165) is 12.8 Å². The summed E-state index contributed by atoms with van der Waals surface area (Å²) >= 11 is 0. The summed E-state index contributed by atoms with van der Waals surface area (Å²) in [5.74, 6) is 0.707. The Morgan fingerprint density at radius 3 is 1.95 bits per heavy atom. The molecule has 0 spiro atoms. The van der Waals surface area contributed by atoms with E-state index in [1.165, 1.54) is 11.1 Å². The molecule has 0 aliphatic rings. The molecule has 116 valence electrons. The Hall–Kier alpha value is -1.31. The van der Waals surface area contributed by atoms with Gasteiger partial charge in [-0.15, -0.1) is 0 Å². The van der Waals surface area contributed by atoms with E-state index in [2.05, 4.69) is 43.4 Å². The van der Waals surface area contributed by atoms with Crippen molar-refractivity contribution in [1.82, 2.24) is 5.32 Å². The number of rotatable bonds is 5. The Balaban J connectivity index is 0. The van der Waals surface area contributed by atoms with Gasteiger partial charge in [0, 0.05) is 13.5 Å². The van der Waals surface area contributed by atoms with Crippen molar-refractivity contribution in [2.75, 3.05) is 7.05 Å². The van der Waals surface area contributed by atoms with Crippen molar-refractivity contribution in [1.29, 1.82) is 0 Å². The molecule has 1 N–H and O–H groups in total. The molecular formula is C18H33NO. The summed E-state index contributed by atoms with van der Waals surface area (Å²) in [6.07, 6.45) is 2.51. The van der Waals surface area contributed by atoms with Crippen LogP contribution in [0.15, 0.2) is 24.3 Å². The topological polar surface area (TPSA) is 29.1 Å². The molecule has 0 fully saturated rings. The van der Waals surface area contributed by atoms with Crippen LogP contribution in [-0.2, 0) is 11.2 Å². The minimum Gasteiger partial charge on any atom is -0.359 e. The average Bonchev–Trinajstić information content (AvgIpc) is 2.51. The average molecular weight is 279 g/mol. The molecule has 1 rings (SSSR count). The van der Waals surface area contributed by atoms with Gasteiger partial charge in [-0.05, 0) is 29.9 Å². The van der Waals surface area contributed by atoms with E-state index in [1.807, 2.05) is 27.7 Å². The number of carbonyl (C=O) groups is 1. The fourth-order valence-corrected chi connectivity index (χ4v) is 1.65. The van der Waals surface area contributed by atoms with Crippen LogP contribution in [0.5, 0.6) is 0 Å². The van der Waals surface area contributed by atoms with Crippen molar-refractivity contribution in [3.63, 3.8) is 0 Å². The third-order valence-electron chi connectivity index (χ3n) is 2.79. The van der Waals surface area contributed by atoms with Crippen LogP contribution in [0.2, 0.25) is 0 Å². The van der Waals surface area contributed by atoms with Gasteiger partial charge in [0.2, 0.25) is 5.91 Å². The quantitative estimate of drug-likeness (QED) is 0.813. The van der Waals surface area contributed by atoms with Gasteiger partial charge in [0.15, 0.2) is 0 Å². The lowest BCUT2D eigenvalue weighted by atomic mass is 10.00. The SMILES string of the molecule is CC.CC.CNC(=O)CCCc1ccc(C(C)C)cc1. The van der Waals surface area contributed by atoms with Crippen LogP contribution < -0.4 is 5.32 Å². The zero-order valence-corrected chi connectivity index (χ0v) is 14.4. The minimum absolute atomic E-state index is 0.124. The van der Waals surface area contributed by atoms with E-state index in [0.29, 0.717) is 12.3 Å². The number of amides is 1. The second kappa shape index (κ2) is 14.1. The Morgan fingerprint density at radius 1 is 1.05 bits per heavy atom. The number of nitrogens with one attached hydrogen (secondary N) is 1. The van der Waals surface area contributed by atoms with Crippen LogP contribution in [0.1, 0.15) is 71.4 Å². The molecule has 0 saturated carbocycles. The molecule has 0 unspecified atom stereocenters. The lowest BCUT2D eigenvalue weighted by molar-refractivity contribution is -0.120. The normalized spacial score (nSPS) is 9.00. The Labute approximate surface area is 126 Å². The van der Waals surface area contributed by atoms with Gasteiger partial charge in [-0.3, -0.25) is 4.79 Å². The summed E-state index contributed by atoms with van der Waals surface area (Å²) in [6.45, 7) is 12.4. The van der Waals surface area contributed by atoms with Crippen molar-refractivity contribution < 1.29 is 4.79 Å². The summed E-state index contributed by atoms with van der Waals surface area (Å²) in [6, 6.07) is 8.69. The number of hydrogen-bond acceptors (Lipinski definition) is 1. The third kappa shape index (κ3) is 9.60. The zero-order valence-electron chi connectivity index (χ0n) is 14.4. The first-order chi connectivity index (χ1) is 9.63. The summed E-state index contributed by atoms with van der Waals surface area (Å²) in [7, 11) is 1.68. The molecule has 20 heavy (non-hydrogen) atoms. The summed E-state index contributed by atoms with van der Waals surface area (Å²) < 4.78 is 0. The lowest BCUT2D eigenvalue weighted by Crippen LogP contribution is -2.17. The standard InChI is InChI=1S/C14H21NO.2C2H6/c1-11(2)13-9-7-12(8-10-13)5-4-6-14(16)15-3;2*1-2/h7-11H,4-6H2,1-3H3,(H,15,16);2*1-2H3. The first-order valence-electron chi connectivity index (χ1n) is 7.93. The number of aryl methyl sites for hydroxylation is 1. The first kappa shape index (κ1) is 21.0. The van der Waals surface area contributed by atoms with Crippen LogP contribution in [0, 0.1) is 0 Å². The fourth-order valence-electron chi connectivity index (χ4n) is 1.65. The van der Waals surface area contributed by atoms with Gasteiger partial charge in [0.25, 0.3) is 0 Å². The van der Waals surface area contributed by atoms with Crippen LogP contribution in [-0.4, -0.2) is 13.0 Å². The van der Waals surface area contributed by atoms with Gasteiger partial charge in [-0.25, -0.2) is 0 Å². The highest BCUT2D eigenvalue weighted by atomic mass is 16.1. The fraction of sp³-hybridized carbons (Fsp3) is 0.611. The molecule has 0 saturated heterocycles. The van der Waals surface area contributed by atoms with Gasteiger partial charge < -0.3 is 5.32 Å². The maximum Gasteiger partial charge on any atom is 0.219 e. The van der Waals surface area contributed by atoms with Gasteiger partial charge in [0.1, 0.15) is 0 Å². The molecule has 0 radical (unpaired) electrons. The molecule has 1 amide bonds. The number of carbonyl (C=O) groups excluding carboxylic acids is 1. The van der Waals surface area contributed by atoms with Crippen molar-refractivity contribution in [2.45, 2.75) is 66.7 Å². The Kier molecular flexibility index (Phi) is 14.8. The number of benzene rings is 1. The predicted molar refractivity (Wildman–Crippen MR) is 90.2 cm³/mol. The van der Waals surface area contributed by atoms with Crippen LogP contribution in [0.4, 0.5) is 0 Å². The van der Waals surface area contributed by atoms with Crippen molar-refractivity contribution in [2.24, 2.45) is 0 Å². The molecule has 2 heteroatoms. The molecule has 0 heterocycles. The smallest absolute Gasteiger partial charge is 0.219 e. The van der Waals surface area contributed by atoms with E-state index in [1.54, 1.807) is 7.05 Å². The second-order valence-electron chi connectivity index (χ2n) is 4.42. The Bertz CT molecular complexity index is 328. The lowest BCUT2D eigenvalue weighted by Gasteiger charge is -2.06.